The quantitative estimate of drug-likeness (QED) is 0.523. The Hall–Kier alpha value is -2.99. The molecule has 1 aromatic heterocycles. The Bertz CT molecular complexity index is 952. The summed E-state index contributed by atoms with van der Waals surface area (Å²) in [5, 5.41) is 0. The van der Waals surface area contributed by atoms with Crippen molar-refractivity contribution in [2.45, 2.75) is 26.9 Å². The number of ether oxygens (including phenoxy) is 3. The van der Waals surface area contributed by atoms with E-state index in [9.17, 15) is 0 Å². The molecule has 0 fully saturated rings. The fraction of sp³-hybridized carbons (Fsp3) is 0.348. The van der Waals surface area contributed by atoms with Crippen molar-refractivity contribution in [1.82, 2.24) is 9.88 Å². The van der Waals surface area contributed by atoms with Crippen LogP contribution in [0, 0.1) is 6.92 Å². The van der Waals surface area contributed by atoms with E-state index in [1.54, 1.807) is 14.2 Å². The number of aryl methyl sites for hydroxylation is 1. The van der Waals surface area contributed by atoms with Crippen LogP contribution in [-0.4, -0.2) is 37.8 Å². The Balaban J connectivity index is 1.74. The van der Waals surface area contributed by atoms with E-state index in [2.05, 4.69) is 11.9 Å². The highest BCUT2D eigenvalue weighted by Gasteiger charge is 2.16. The highest BCUT2D eigenvalue weighted by atomic mass is 16.5. The zero-order valence-corrected chi connectivity index (χ0v) is 17.7. The van der Waals surface area contributed by atoms with Gasteiger partial charge in [-0.05, 0) is 50.7 Å². The predicted molar refractivity (Wildman–Crippen MR) is 113 cm³/mol. The summed E-state index contributed by atoms with van der Waals surface area (Å²) in [7, 11) is 5.34. The number of rotatable bonds is 9. The van der Waals surface area contributed by atoms with Gasteiger partial charge in [-0.25, -0.2) is 4.98 Å². The Kier molecular flexibility index (Phi) is 6.77. The highest BCUT2D eigenvalue weighted by molar-refractivity contribution is 5.63. The summed E-state index contributed by atoms with van der Waals surface area (Å²) in [6.45, 7) is 5.92. The first-order valence-corrected chi connectivity index (χ1v) is 9.63. The third kappa shape index (κ3) is 4.90. The van der Waals surface area contributed by atoms with Gasteiger partial charge in [0, 0.05) is 13.1 Å². The van der Waals surface area contributed by atoms with Crippen LogP contribution < -0.4 is 14.2 Å². The first-order valence-electron chi connectivity index (χ1n) is 9.63. The molecular formula is C23H28N2O4. The molecule has 0 spiro atoms. The summed E-state index contributed by atoms with van der Waals surface area (Å²) in [5.41, 5.74) is 2.91. The summed E-state index contributed by atoms with van der Waals surface area (Å²) in [4.78, 5) is 6.92. The van der Waals surface area contributed by atoms with Crippen molar-refractivity contribution in [1.29, 1.82) is 0 Å². The van der Waals surface area contributed by atoms with Crippen LogP contribution >= 0.6 is 0 Å². The van der Waals surface area contributed by atoms with Crippen LogP contribution in [0.25, 0.3) is 11.5 Å². The Labute approximate surface area is 172 Å². The van der Waals surface area contributed by atoms with E-state index in [0.717, 1.165) is 46.4 Å². The summed E-state index contributed by atoms with van der Waals surface area (Å²) >= 11 is 0. The molecule has 0 N–H and O–H groups in total. The van der Waals surface area contributed by atoms with Crippen LogP contribution in [0.15, 0.2) is 46.9 Å². The average molecular weight is 396 g/mol. The number of hydrogen-bond acceptors (Lipinski definition) is 6. The number of oxazole rings is 1. The van der Waals surface area contributed by atoms with E-state index in [1.165, 1.54) is 0 Å². The molecule has 3 aromatic rings. The molecule has 0 unspecified atom stereocenters. The minimum Gasteiger partial charge on any atom is -0.493 e. The van der Waals surface area contributed by atoms with Crippen LogP contribution in [0.5, 0.6) is 17.2 Å². The van der Waals surface area contributed by atoms with E-state index in [4.69, 9.17) is 23.6 Å². The summed E-state index contributed by atoms with van der Waals surface area (Å²) < 4.78 is 22.4. The van der Waals surface area contributed by atoms with Crippen LogP contribution in [0.2, 0.25) is 0 Å². The van der Waals surface area contributed by atoms with Crippen molar-refractivity contribution in [3.63, 3.8) is 0 Å². The minimum absolute atomic E-state index is 0.584. The minimum atomic E-state index is 0.584. The third-order valence-corrected chi connectivity index (χ3v) is 4.63. The number of methoxy groups -OCH3 is 2. The molecule has 0 bridgehead atoms. The van der Waals surface area contributed by atoms with Gasteiger partial charge in [-0.1, -0.05) is 18.2 Å². The largest absolute Gasteiger partial charge is 0.493 e. The molecular weight excluding hydrogens is 368 g/mol. The molecule has 0 aliphatic heterocycles. The monoisotopic (exact) mass is 396 g/mol. The van der Waals surface area contributed by atoms with Crippen molar-refractivity contribution in [3.8, 4) is 28.7 Å². The number of benzene rings is 2. The van der Waals surface area contributed by atoms with E-state index in [0.29, 0.717) is 19.0 Å². The maximum Gasteiger partial charge on any atom is 0.230 e. The van der Waals surface area contributed by atoms with E-state index in [-0.39, 0.29) is 0 Å². The van der Waals surface area contributed by atoms with Crippen molar-refractivity contribution in [3.05, 3.63) is 59.5 Å². The zero-order valence-electron chi connectivity index (χ0n) is 17.7. The molecule has 0 radical (unpaired) electrons. The first-order chi connectivity index (χ1) is 14.0. The lowest BCUT2D eigenvalue weighted by atomic mass is 10.2. The van der Waals surface area contributed by atoms with Gasteiger partial charge in [0.15, 0.2) is 11.5 Å². The number of hydrogen-bond donors (Lipinski definition) is 0. The van der Waals surface area contributed by atoms with Gasteiger partial charge in [0.1, 0.15) is 11.5 Å². The van der Waals surface area contributed by atoms with Gasteiger partial charge in [-0.2, -0.15) is 0 Å². The third-order valence-electron chi connectivity index (χ3n) is 4.63. The maximum absolute atomic E-state index is 5.95. The molecule has 0 atom stereocenters. The number of para-hydroxylation sites is 1. The van der Waals surface area contributed by atoms with E-state index >= 15 is 0 Å². The highest BCUT2D eigenvalue weighted by Crippen LogP contribution is 2.31. The molecule has 6 nitrogen and oxygen atoms in total. The van der Waals surface area contributed by atoms with Gasteiger partial charge in [-0.15, -0.1) is 0 Å². The summed E-state index contributed by atoms with van der Waals surface area (Å²) in [6, 6.07) is 13.8. The first kappa shape index (κ1) is 20.7. The number of aromatic nitrogens is 1. The van der Waals surface area contributed by atoms with Gasteiger partial charge in [0.2, 0.25) is 5.89 Å². The second-order valence-corrected chi connectivity index (χ2v) is 6.81. The normalized spacial score (nSPS) is 11.0. The molecule has 0 amide bonds. The standard InChI is InChI=1S/C23H28N2O4/c1-6-28-20-10-8-7-9-18(20)23-24-19(16(2)29-23)15-25(3)14-17-11-12-21(26-4)22(13-17)27-5/h7-13H,6,14-15H2,1-5H3. The SMILES string of the molecule is CCOc1ccccc1-c1nc(CN(C)Cc2ccc(OC)c(OC)c2)c(C)o1. The lowest BCUT2D eigenvalue weighted by Gasteiger charge is -2.17. The predicted octanol–water partition coefficient (Wildman–Crippen LogP) is 4.70. The van der Waals surface area contributed by atoms with Crippen molar-refractivity contribution >= 4 is 0 Å². The van der Waals surface area contributed by atoms with Crippen LogP contribution in [0.3, 0.4) is 0 Å². The lowest BCUT2D eigenvalue weighted by molar-refractivity contribution is 0.311. The van der Waals surface area contributed by atoms with E-state index in [1.807, 2.05) is 56.3 Å². The molecule has 154 valence electrons. The molecule has 6 heteroatoms. The zero-order chi connectivity index (χ0) is 20.8. The molecule has 0 aliphatic rings. The maximum atomic E-state index is 5.95. The Morgan fingerprint density at radius 2 is 1.72 bits per heavy atom. The van der Waals surface area contributed by atoms with Crippen molar-refractivity contribution in [2.75, 3.05) is 27.9 Å². The summed E-state index contributed by atoms with van der Waals surface area (Å²) in [5.74, 6) is 3.63. The van der Waals surface area contributed by atoms with Gasteiger partial charge in [0.05, 0.1) is 32.1 Å². The Morgan fingerprint density at radius 3 is 2.45 bits per heavy atom. The molecule has 1 heterocycles. The topological polar surface area (TPSA) is 57.0 Å². The fourth-order valence-corrected chi connectivity index (χ4v) is 3.22. The van der Waals surface area contributed by atoms with Crippen LogP contribution in [0.4, 0.5) is 0 Å². The van der Waals surface area contributed by atoms with Crippen LogP contribution in [0.1, 0.15) is 23.9 Å². The van der Waals surface area contributed by atoms with Gasteiger partial charge < -0.3 is 18.6 Å². The molecule has 0 aliphatic carbocycles. The number of nitrogens with zero attached hydrogens (tertiary/aromatic N) is 2. The van der Waals surface area contributed by atoms with E-state index < -0.39 is 0 Å². The molecule has 0 saturated carbocycles. The van der Waals surface area contributed by atoms with Gasteiger partial charge in [-0.3, -0.25) is 4.90 Å². The molecule has 2 aromatic carbocycles. The second kappa shape index (κ2) is 9.47. The summed E-state index contributed by atoms with van der Waals surface area (Å²) in [6.07, 6.45) is 0. The Morgan fingerprint density at radius 1 is 0.966 bits per heavy atom. The fourth-order valence-electron chi connectivity index (χ4n) is 3.22. The van der Waals surface area contributed by atoms with Crippen LogP contribution in [-0.2, 0) is 13.1 Å². The second-order valence-electron chi connectivity index (χ2n) is 6.81. The molecule has 3 rings (SSSR count). The smallest absolute Gasteiger partial charge is 0.230 e. The molecule has 0 saturated heterocycles. The van der Waals surface area contributed by atoms with Gasteiger partial charge in [0.25, 0.3) is 0 Å². The van der Waals surface area contributed by atoms with Crippen molar-refractivity contribution < 1.29 is 18.6 Å². The lowest BCUT2D eigenvalue weighted by Crippen LogP contribution is -2.18. The van der Waals surface area contributed by atoms with Crippen molar-refractivity contribution in [2.24, 2.45) is 0 Å². The molecule has 29 heavy (non-hydrogen) atoms. The average Bonchev–Trinajstić information content (AvgIpc) is 3.08. The van der Waals surface area contributed by atoms with Gasteiger partial charge >= 0.3 is 0 Å².